The summed E-state index contributed by atoms with van der Waals surface area (Å²) in [5.41, 5.74) is 6.90. The first-order valence-corrected chi connectivity index (χ1v) is 3.67. The van der Waals surface area contributed by atoms with Gasteiger partial charge in [0.2, 0.25) is 0 Å². The summed E-state index contributed by atoms with van der Waals surface area (Å²) in [6, 6.07) is 8.47. The molecular weight excluding hydrogens is 170 g/mol. The molecule has 0 atom stereocenters. The monoisotopic (exact) mass is 178 g/mol. The van der Waals surface area contributed by atoms with E-state index in [1.54, 1.807) is 30.3 Å². The third-order valence-electron chi connectivity index (χ3n) is 1.43. The van der Waals surface area contributed by atoms with E-state index < -0.39 is 6.09 Å². The Balaban J connectivity index is 2.54. The summed E-state index contributed by atoms with van der Waals surface area (Å²) in [6.07, 6.45) is -1.19. The number of ether oxygens (including phenoxy) is 1. The maximum Gasteiger partial charge on any atom is 0.426 e. The molecule has 1 amide bonds. The standard InChI is InChI=1S/C9H8NO3/c10-9(12)13-6-8(11)7-4-2-1-3-5-7/h1-5,10H,6H2. The third kappa shape index (κ3) is 2.94. The van der Waals surface area contributed by atoms with Crippen LogP contribution in [0.1, 0.15) is 10.4 Å². The van der Waals surface area contributed by atoms with Crippen LogP contribution in [0.2, 0.25) is 0 Å². The number of hydrogen-bond donors (Lipinski definition) is 0. The van der Waals surface area contributed by atoms with Crippen molar-refractivity contribution in [1.29, 1.82) is 0 Å². The molecule has 0 heterocycles. The first kappa shape index (κ1) is 9.25. The van der Waals surface area contributed by atoms with E-state index in [2.05, 4.69) is 4.74 Å². The molecule has 1 aromatic rings. The van der Waals surface area contributed by atoms with Crippen LogP contribution < -0.4 is 5.73 Å². The Morgan fingerprint density at radius 1 is 1.23 bits per heavy atom. The molecule has 0 bridgehead atoms. The van der Waals surface area contributed by atoms with Crippen molar-refractivity contribution in [2.24, 2.45) is 0 Å². The number of carbonyl (C=O) groups is 2. The lowest BCUT2D eigenvalue weighted by molar-refractivity contribution is 0.0855. The van der Waals surface area contributed by atoms with E-state index in [4.69, 9.17) is 5.73 Å². The number of benzene rings is 1. The molecule has 0 spiro atoms. The van der Waals surface area contributed by atoms with Crippen LogP contribution in [-0.4, -0.2) is 18.5 Å². The van der Waals surface area contributed by atoms with Gasteiger partial charge >= 0.3 is 6.09 Å². The van der Waals surface area contributed by atoms with Gasteiger partial charge in [0.05, 0.1) is 0 Å². The van der Waals surface area contributed by atoms with Gasteiger partial charge in [0, 0.05) is 5.56 Å². The lowest BCUT2D eigenvalue weighted by Crippen LogP contribution is -2.13. The van der Waals surface area contributed by atoms with Crippen molar-refractivity contribution in [3.8, 4) is 0 Å². The van der Waals surface area contributed by atoms with Gasteiger partial charge in [-0.15, -0.1) is 0 Å². The van der Waals surface area contributed by atoms with Gasteiger partial charge in [-0.05, 0) is 0 Å². The number of carbonyl (C=O) groups excluding carboxylic acids is 2. The molecule has 0 aliphatic heterocycles. The van der Waals surface area contributed by atoms with Crippen molar-refractivity contribution in [1.82, 2.24) is 5.73 Å². The van der Waals surface area contributed by atoms with Crippen molar-refractivity contribution in [3.05, 3.63) is 35.9 Å². The minimum absolute atomic E-state index is 0.304. The molecule has 0 aromatic heterocycles. The van der Waals surface area contributed by atoms with Crippen LogP contribution in [0.4, 0.5) is 4.79 Å². The first-order valence-electron chi connectivity index (χ1n) is 3.67. The molecule has 0 saturated heterocycles. The van der Waals surface area contributed by atoms with Gasteiger partial charge in [-0.2, -0.15) is 0 Å². The fraction of sp³-hybridized carbons (Fsp3) is 0.111. The Labute approximate surface area is 75.3 Å². The molecule has 0 unspecified atom stereocenters. The van der Waals surface area contributed by atoms with Gasteiger partial charge in [0.1, 0.15) is 0 Å². The molecule has 0 aliphatic rings. The highest BCUT2D eigenvalue weighted by Crippen LogP contribution is 1.99. The molecule has 1 radical (unpaired) electrons. The van der Waals surface area contributed by atoms with Crippen LogP contribution in [0.15, 0.2) is 30.3 Å². The third-order valence-corrected chi connectivity index (χ3v) is 1.43. The quantitative estimate of drug-likeness (QED) is 0.655. The Morgan fingerprint density at radius 3 is 2.38 bits per heavy atom. The second kappa shape index (κ2) is 4.25. The molecule has 67 valence electrons. The Morgan fingerprint density at radius 2 is 1.85 bits per heavy atom. The lowest BCUT2D eigenvalue weighted by atomic mass is 10.1. The van der Waals surface area contributed by atoms with E-state index >= 15 is 0 Å². The zero-order valence-corrected chi connectivity index (χ0v) is 6.82. The van der Waals surface area contributed by atoms with Crippen LogP contribution in [0.5, 0.6) is 0 Å². The minimum Gasteiger partial charge on any atom is -0.440 e. The smallest absolute Gasteiger partial charge is 0.426 e. The van der Waals surface area contributed by atoms with Crippen LogP contribution in [0.25, 0.3) is 0 Å². The number of rotatable bonds is 3. The van der Waals surface area contributed by atoms with Crippen LogP contribution in [-0.2, 0) is 4.74 Å². The van der Waals surface area contributed by atoms with Gasteiger partial charge in [-0.1, -0.05) is 30.3 Å². The maximum atomic E-state index is 11.2. The molecule has 0 aliphatic carbocycles. The second-order valence-corrected chi connectivity index (χ2v) is 2.37. The lowest BCUT2D eigenvalue weighted by Gasteiger charge is -1.99. The first-order chi connectivity index (χ1) is 6.20. The van der Waals surface area contributed by atoms with Crippen molar-refractivity contribution >= 4 is 11.9 Å². The van der Waals surface area contributed by atoms with Crippen molar-refractivity contribution in [2.75, 3.05) is 6.61 Å². The summed E-state index contributed by atoms with van der Waals surface area (Å²) in [5.74, 6) is -0.304. The van der Waals surface area contributed by atoms with Crippen LogP contribution >= 0.6 is 0 Å². The highest BCUT2D eigenvalue weighted by Gasteiger charge is 2.06. The predicted molar refractivity (Wildman–Crippen MR) is 45.2 cm³/mol. The van der Waals surface area contributed by atoms with Gasteiger partial charge in [0.25, 0.3) is 0 Å². The zero-order chi connectivity index (χ0) is 9.68. The molecule has 0 fully saturated rings. The van der Waals surface area contributed by atoms with Gasteiger partial charge < -0.3 is 4.74 Å². The summed E-state index contributed by atoms with van der Waals surface area (Å²) in [5, 5.41) is 0. The molecule has 1 aromatic carbocycles. The summed E-state index contributed by atoms with van der Waals surface area (Å²) < 4.78 is 4.24. The predicted octanol–water partition coefficient (Wildman–Crippen LogP) is 1.29. The molecule has 4 heteroatoms. The van der Waals surface area contributed by atoms with Crippen molar-refractivity contribution in [3.63, 3.8) is 0 Å². The van der Waals surface area contributed by atoms with E-state index in [0.29, 0.717) is 5.56 Å². The van der Waals surface area contributed by atoms with Crippen LogP contribution in [0, 0.1) is 0 Å². The Bertz CT molecular complexity index is 308. The summed E-state index contributed by atoms with van der Waals surface area (Å²) >= 11 is 0. The second-order valence-electron chi connectivity index (χ2n) is 2.37. The maximum absolute atomic E-state index is 11.2. The van der Waals surface area contributed by atoms with E-state index in [-0.39, 0.29) is 12.4 Å². The average molecular weight is 178 g/mol. The van der Waals surface area contributed by atoms with E-state index in [0.717, 1.165) is 0 Å². The Kier molecular flexibility index (Phi) is 3.03. The number of amides is 1. The summed E-state index contributed by atoms with van der Waals surface area (Å²) in [7, 11) is 0. The largest absolute Gasteiger partial charge is 0.440 e. The van der Waals surface area contributed by atoms with E-state index in [1.165, 1.54) is 0 Å². The molecule has 1 N–H and O–H groups in total. The average Bonchev–Trinajstić information content (AvgIpc) is 2.15. The number of nitrogens with one attached hydrogen (secondary N) is 1. The van der Waals surface area contributed by atoms with Gasteiger partial charge in [-0.3, -0.25) is 4.79 Å². The van der Waals surface area contributed by atoms with Crippen molar-refractivity contribution < 1.29 is 14.3 Å². The molecule has 13 heavy (non-hydrogen) atoms. The summed E-state index contributed by atoms with van der Waals surface area (Å²) in [4.78, 5) is 21.3. The minimum atomic E-state index is -1.19. The van der Waals surface area contributed by atoms with Gasteiger partial charge in [-0.25, -0.2) is 10.5 Å². The molecular formula is C9H8NO3. The SMILES string of the molecule is [NH]C(=O)OCC(=O)c1ccccc1. The number of Topliss-reactive ketones (excluding diaryl/α,β-unsaturated/α-hetero) is 1. The summed E-state index contributed by atoms with van der Waals surface area (Å²) in [6.45, 7) is -0.369. The molecule has 1 rings (SSSR count). The van der Waals surface area contributed by atoms with Crippen molar-refractivity contribution in [2.45, 2.75) is 0 Å². The highest BCUT2D eigenvalue weighted by molar-refractivity contribution is 5.97. The Hall–Kier alpha value is -1.84. The topological polar surface area (TPSA) is 67.2 Å². The fourth-order valence-electron chi connectivity index (χ4n) is 0.838. The zero-order valence-electron chi connectivity index (χ0n) is 6.82. The van der Waals surface area contributed by atoms with Gasteiger partial charge in [0.15, 0.2) is 12.4 Å². The molecule has 0 saturated carbocycles. The van der Waals surface area contributed by atoms with E-state index in [9.17, 15) is 9.59 Å². The fourth-order valence-corrected chi connectivity index (χ4v) is 0.838. The van der Waals surface area contributed by atoms with E-state index in [1.807, 2.05) is 0 Å². The number of hydrogen-bond acceptors (Lipinski definition) is 3. The normalized spacial score (nSPS) is 9.23. The molecule has 4 nitrogen and oxygen atoms in total. The van der Waals surface area contributed by atoms with Crippen LogP contribution in [0.3, 0.4) is 0 Å². The highest BCUT2D eigenvalue weighted by atomic mass is 16.5. The number of ketones is 1.